The van der Waals surface area contributed by atoms with Crippen LogP contribution < -0.4 is 10.6 Å². The van der Waals surface area contributed by atoms with Gasteiger partial charge in [0.05, 0.1) is 16.3 Å². The summed E-state index contributed by atoms with van der Waals surface area (Å²) < 4.78 is 19.5. The van der Waals surface area contributed by atoms with Crippen molar-refractivity contribution in [1.29, 1.82) is 0 Å². The fraction of sp³-hybridized carbons (Fsp3) is 0.143. The average Bonchev–Trinajstić information content (AvgIpc) is 3.11. The fourth-order valence-corrected chi connectivity index (χ4v) is 2.89. The SMILES string of the molecule is CC(=O)Nc1ccc(NC(=O)CCc2ccc(-c3ccccc3F)o2)c(Cl)c1. The van der Waals surface area contributed by atoms with E-state index >= 15 is 0 Å². The smallest absolute Gasteiger partial charge is 0.224 e. The Kier molecular flexibility index (Phi) is 6.11. The highest BCUT2D eigenvalue weighted by atomic mass is 35.5. The Bertz CT molecular complexity index is 1020. The maximum absolute atomic E-state index is 13.8. The molecule has 0 aliphatic heterocycles. The van der Waals surface area contributed by atoms with E-state index in [1.165, 1.54) is 13.0 Å². The van der Waals surface area contributed by atoms with E-state index in [-0.39, 0.29) is 24.1 Å². The van der Waals surface area contributed by atoms with Crippen LogP contribution in [0.15, 0.2) is 59.0 Å². The minimum Gasteiger partial charge on any atom is -0.461 e. The molecule has 0 saturated heterocycles. The van der Waals surface area contributed by atoms with Gasteiger partial charge in [-0.05, 0) is 42.5 Å². The van der Waals surface area contributed by atoms with E-state index in [0.29, 0.717) is 39.9 Å². The van der Waals surface area contributed by atoms with E-state index in [1.54, 1.807) is 48.5 Å². The molecule has 0 atom stereocenters. The van der Waals surface area contributed by atoms with Crippen LogP contribution in [0.3, 0.4) is 0 Å². The molecule has 28 heavy (non-hydrogen) atoms. The van der Waals surface area contributed by atoms with Gasteiger partial charge < -0.3 is 15.1 Å². The molecule has 0 radical (unpaired) electrons. The lowest BCUT2D eigenvalue weighted by molar-refractivity contribution is -0.116. The maximum atomic E-state index is 13.8. The minimum absolute atomic E-state index is 0.175. The summed E-state index contributed by atoms with van der Waals surface area (Å²) in [5.41, 5.74) is 1.38. The predicted molar refractivity (Wildman–Crippen MR) is 107 cm³/mol. The number of carbonyl (C=O) groups is 2. The van der Waals surface area contributed by atoms with Crippen LogP contribution in [0.2, 0.25) is 5.02 Å². The predicted octanol–water partition coefficient (Wildman–Crippen LogP) is 5.27. The van der Waals surface area contributed by atoms with Crippen molar-refractivity contribution in [3.63, 3.8) is 0 Å². The summed E-state index contributed by atoms with van der Waals surface area (Å²) in [6.45, 7) is 1.40. The number of hydrogen-bond donors (Lipinski definition) is 2. The molecule has 1 aromatic heterocycles. The summed E-state index contributed by atoms with van der Waals surface area (Å²) in [6.07, 6.45) is 0.538. The fourth-order valence-electron chi connectivity index (χ4n) is 2.66. The first kappa shape index (κ1) is 19.6. The van der Waals surface area contributed by atoms with Crippen molar-refractivity contribution >= 4 is 34.8 Å². The Labute approximate surface area is 166 Å². The van der Waals surface area contributed by atoms with Gasteiger partial charge in [-0.1, -0.05) is 23.7 Å². The number of halogens is 2. The third-order valence-corrected chi connectivity index (χ3v) is 4.28. The lowest BCUT2D eigenvalue weighted by Gasteiger charge is -2.09. The summed E-state index contributed by atoms with van der Waals surface area (Å²) in [6, 6.07) is 14.6. The summed E-state index contributed by atoms with van der Waals surface area (Å²) in [4.78, 5) is 23.3. The summed E-state index contributed by atoms with van der Waals surface area (Å²) in [5.74, 6) is 0.197. The Morgan fingerprint density at radius 1 is 1.07 bits per heavy atom. The standard InChI is InChI=1S/C21H18ClFN2O3/c1-13(26)24-14-6-9-19(17(22)12-14)25-21(27)11-8-15-7-10-20(28-15)16-4-2-3-5-18(16)23/h2-7,9-10,12H,8,11H2,1H3,(H,24,26)(H,25,27). The summed E-state index contributed by atoms with van der Waals surface area (Å²) >= 11 is 6.14. The number of aryl methyl sites for hydroxylation is 1. The molecular formula is C21H18ClFN2O3. The van der Waals surface area contributed by atoms with Gasteiger partial charge in [0.2, 0.25) is 11.8 Å². The molecule has 2 aromatic carbocycles. The number of nitrogens with one attached hydrogen (secondary N) is 2. The highest BCUT2D eigenvalue weighted by molar-refractivity contribution is 6.34. The van der Waals surface area contributed by atoms with Gasteiger partial charge in [0.15, 0.2) is 0 Å². The molecule has 0 bridgehead atoms. The van der Waals surface area contributed by atoms with Crippen molar-refractivity contribution in [2.24, 2.45) is 0 Å². The highest BCUT2D eigenvalue weighted by Gasteiger charge is 2.12. The van der Waals surface area contributed by atoms with E-state index in [0.717, 1.165) is 0 Å². The van der Waals surface area contributed by atoms with Gasteiger partial charge >= 0.3 is 0 Å². The minimum atomic E-state index is -0.363. The number of amides is 2. The quantitative estimate of drug-likeness (QED) is 0.592. The first-order chi connectivity index (χ1) is 13.4. The second-order valence-electron chi connectivity index (χ2n) is 6.17. The summed E-state index contributed by atoms with van der Waals surface area (Å²) in [7, 11) is 0. The van der Waals surface area contributed by atoms with E-state index in [2.05, 4.69) is 10.6 Å². The van der Waals surface area contributed by atoms with Crippen LogP contribution in [-0.4, -0.2) is 11.8 Å². The molecule has 0 fully saturated rings. The molecule has 2 N–H and O–H groups in total. The van der Waals surface area contributed by atoms with Crippen molar-refractivity contribution < 1.29 is 18.4 Å². The van der Waals surface area contributed by atoms with E-state index in [4.69, 9.17) is 16.0 Å². The zero-order valence-corrected chi connectivity index (χ0v) is 15.8. The molecule has 2 amide bonds. The Hall–Kier alpha value is -3.12. The molecule has 5 nitrogen and oxygen atoms in total. The number of anilines is 2. The van der Waals surface area contributed by atoms with E-state index < -0.39 is 0 Å². The van der Waals surface area contributed by atoms with Crippen LogP contribution in [0.25, 0.3) is 11.3 Å². The van der Waals surface area contributed by atoms with Gasteiger partial charge in [0.25, 0.3) is 0 Å². The number of benzene rings is 2. The van der Waals surface area contributed by atoms with E-state index in [1.807, 2.05) is 0 Å². The van der Waals surface area contributed by atoms with Gasteiger partial charge in [-0.25, -0.2) is 4.39 Å². The topological polar surface area (TPSA) is 71.3 Å². The molecular weight excluding hydrogens is 383 g/mol. The Morgan fingerprint density at radius 3 is 2.57 bits per heavy atom. The zero-order valence-electron chi connectivity index (χ0n) is 15.1. The second-order valence-corrected chi connectivity index (χ2v) is 6.58. The largest absolute Gasteiger partial charge is 0.461 e. The van der Waals surface area contributed by atoms with Crippen LogP contribution >= 0.6 is 11.6 Å². The third kappa shape index (κ3) is 4.98. The maximum Gasteiger partial charge on any atom is 0.224 e. The van der Waals surface area contributed by atoms with Crippen LogP contribution in [0.1, 0.15) is 19.1 Å². The van der Waals surface area contributed by atoms with Gasteiger partial charge in [-0.15, -0.1) is 0 Å². The van der Waals surface area contributed by atoms with Gasteiger partial charge in [0.1, 0.15) is 17.3 Å². The Morgan fingerprint density at radius 2 is 1.86 bits per heavy atom. The number of rotatable bonds is 6. The lowest BCUT2D eigenvalue weighted by Crippen LogP contribution is -2.13. The molecule has 3 rings (SSSR count). The molecule has 1 heterocycles. The Balaban J connectivity index is 1.58. The molecule has 3 aromatic rings. The number of hydrogen-bond acceptors (Lipinski definition) is 3. The van der Waals surface area contributed by atoms with Crippen molar-refractivity contribution in [3.8, 4) is 11.3 Å². The monoisotopic (exact) mass is 400 g/mol. The molecule has 144 valence electrons. The molecule has 0 spiro atoms. The van der Waals surface area contributed by atoms with Crippen LogP contribution in [-0.2, 0) is 16.0 Å². The van der Waals surface area contributed by atoms with Crippen molar-refractivity contribution in [2.75, 3.05) is 10.6 Å². The van der Waals surface area contributed by atoms with Gasteiger partial charge in [0, 0.05) is 25.5 Å². The van der Waals surface area contributed by atoms with Crippen molar-refractivity contribution in [1.82, 2.24) is 0 Å². The van der Waals surface area contributed by atoms with Crippen LogP contribution in [0.5, 0.6) is 0 Å². The molecule has 0 aliphatic carbocycles. The van der Waals surface area contributed by atoms with Gasteiger partial charge in [-0.3, -0.25) is 9.59 Å². The average molecular weight is 401 g/mol. The second kappa shape index (κ2) is 8.71. The summed E-state index contributed by atoms with van der Waals surface area (Å²) in [5, 5.41) is 5.66. The number of furan rings is 1. The normalized spacial score (nSPS) is 10.5. The van der Waals surface area contributed by atoms with Crippen molar-refractivity contribution in [3.05, 3.63) is 71.2 Å². The highest BCUT2D eigenvalue weighted by Crippen LogP contribution is 2.27. The first-order valence-electron chi connectivity index (χ1n) is 8.63. The molecule has 0 saturated carbocycles. The first-order valence-corrected chi connectivity index (χ1v) is 9.01. The van der Waals surface area contributed by atoms with Crippen LogP contribution in [0.4, 0.5) is 15.8 Å². The van der Waals surface area contributed by atoms with Crippen molar-refractivity contribution in [2.45, 2.75) is 19.8 Å². The number of carbonyl (C=O) groups excluding carboxylic acids is 2. The van der Waals surface area contributed by atoms with Gasteiger partial charge in [-0.2, -0.15) is 0 Å². The zero-order chi connectivity index (χ0) is 20.1. The van der Waals surface area contributed by atoms with E-state index in [9.17, 15) is 14.0 Å². The lowest BCUT2D eigenvalue weighted by atomic mass is 10.1. The molecule has 0 aliphatic rings. The third-order valence-electron chi connectivity index (χ3n) is 3.96. The molecule has 7 heteroatoms. The molecule has 0 unspecified atom stereocenters. The van der Waals surface area contributed by atoms with Crippen LogP contribution in [0, 0.1) is 5.82 Å².